The van der Waals surface area contributed by atoms with Crippen molar-refractivity contribution in [1.82, 2.24) is 9.88 Å². The van der Waals surface area contributed by atoms with Crippen LogP contribution in [-0.4, -0.2) is 45.9 Å². The molecule has 2 N–H and O–H groups in total. The van der Waals surface area contributed by atoms with Crippen molar-refractivity contribution in [2.45, 2.75) is 58.4 Å². The van der Waals surface area contributed by atoms with E-state index in [1.165, 1.54) is 6.20 Å². The van der Waals surface area contributed by atoms with Crippen molar-refractivity contribution in [1.29, 1.82) is 0 Å². The molecule has 0 radical (unpaired) electrons. The first-order chi connectivity index (χ1) is 14.4. The van der Waals surface area contributed by atoms with Crippen molar-refractivity contribution < 1.29 is 23.8 Å². The highest BCUT2D eigenvalue weighted by atomic mass is 16.6. The topological polar surface area (TPSA) is 104 Å². The molecule has 1 aliphatic heterocycles. The molecule has 2 amide bonds. The summed E-state index contributed by atoms with van der Waals surface area (Å²) < 4.78 is 17.2. The van der Waals surface area contributed by atoms with E-state index >= 15 is 0 Å². The molecule has 2 heterocycles. The van der Waals surface area contributed by atoms with Gasteiger partial charge >= 0.3 is 6.09 Å². The van der Waals surface area contributed by atoms with Crippen molar-refractivity contribution in [3.05, 3.63) is 53.7 Å². The summed E-state index contributed by atoms with van der Waals surface area (Å²) in [5.74, 6) is 0.428. The second kappa shape index (κ2) is 8.55. The number of carbonyl (C=O) groups is 2. The number of rotatable bonds is 5. The molecular weight excluding hydrogens is 398 g/mol. The smallest absolute Gasteiger partial charge is 0.412 e. The van der Waals surface area contributed by atoms with Crippen LogP contribution in [0.15, 0.2) is 42.6 Å². The molecule has 0 unspecified atom stereocenters. The predicted molar refractivity (Wildman–Crippen MR) is 115 cm³/mol. The SMILES string of the molecule is CC(C)(C)OC(=O)N1[C@@H](Cc2ccc(Oc3ccc(C(N)=O)cn3)cc2)COC1(C)C. The number of benzene rings is 1. The van der Waals surface area contributed by atoms with Gasteiger partial charge < -0.3 is 19.9 Å². The average Bonchev–Trinajstić information content (AvgIpc) is 2.96. The van der Waals surface area contributed by atoms with Crippen LogP contribution < -0.4 is 10.5 Å². The van der Waals surface area contributed by atoms with E-state index in [-0.39, 0.29) is 12.1 Å². The van der Waals surface area contributed by atoms with Crippen molar-refractivity contribution >= 4 is 12.0 Å². The Morgan fingerprint density at radius 1 is 1.19 bits per heavy atom. The van der Waals surface area contributed by atoms with E-state index in [1.54, 1.807) is 17.0 Å². The van der Waals surface area contributed by atoms with Gasteiger partial charge in [0.1, 0.15) is 17.1 Å². The third-order valence-corrected chi connectivity index (χ3v) is 4.80. The maximum Gasteiger partial charge on any atom is 0.412 e. The summed E-state index contributed by atoms with van der Waals surface area (Å²) in [5.41, 5.74) is 5.25. The van der Waals surface area contributed by atoms with Crippen LogP contribution >= 0.6 is 0 Å². The molecule has 1 fully saturated rings. The van der Waals surface area contributed by atoms with Crippen LogP contribution in [0.4, 0.5) is 4.79 Å². The Labute approximate surface area is 182 Å². The molecule has 1 aliphatic rings. The number of carbonyl (C=O) groups excluding carboxylic acids is 2. The van der Waals surface area contributed by atoms with Gasteiger partial charge in [-0.25, -0.2) is 9.78 Å². The van der Waals surface area contributed by atoms with Crippen LogP contribution in [-0.2, 0) is 15.9 Å². The first-order valence-electron chi connectivity index (χ1n) is 10.1. The molecule has 1 atom stereocenters. The molecule has 166 valence electrons. The fourth-order valence-electron chi connectivity index (χ4n) is 3.39. The molecule has 0 saturated carbocycles. The van der Waals surface area contributed by atoms with Gasteiger partial charge in [0.25, 0.3) is 0 Å². The summed E-state index contributed by atoms with van der Waals surface area (Å²) in [6, 6.07) is 10.5. The maximum atomic E-state index is 12.8. The maximum absolute atomic E-state index is 12.8. The van der Waals surface area contributed by atoms with Gasteiger partial charge in [-0.15, -0.1) is 0 Å². The van der Waals surface area contributed by atoms with E-state index in [4.69, 9.17) is 19.9 Å². The van der Waals surface area contributed by atoms with E-state index in [2.05, 4.69) is 4.98 Å². The summed E-state index contributed by atoms with van der Waals surface area (Å²) in [6.07, 6.45) is 1.61. The molecule has 0 bridgehead atoms. The van der Waals surface area contributed by atoms with Crippen LogP contribution in [0, 0.1) is 0 Å². The standard InChI is InChI=1S/C23H29N3O5/c1-22(2,3)31-21(28)26-17(14-29-23(26,4)5)12-15-6-9-18(10-7-15)30-19-11-8-16(13-25-19)20(24)27/h6-11,13,17H,12,14H2,1-5H3,(H2,24,27)/t17-/m0/s1. The van der Waals surface area contributed by atoms with Crippen molar-refractivity contribution in [2.75, 3.05) is 6.61 Å². The summed E-state index contributed by atoms with van der Waals surface area (Å²) in [7, 11) is 0. The zero-order valence-electron chi connectivity index (χ0n) is 18.5. The molecule has 31 heavy (non-hydrogen) atoms. The minimum atomic E-state index is -0.737. The van der Waals surface area contributed by atoms with Crippen molar-refractivity contribution in [3.63, 3.8) is 0 Å². The lowest BCUT2D eigenvalue weighted by Gasteiger charge is -2.35. The molecule has 8 nitrogen and oxygen atoms in total. The largest absolute Gasteiger partial charge is 0.444 e. The van der Waals surface area contributed by atoms with Crippen molar-refractivity contribution in [3.8, 4) is 11.6 Å². The summed E-state index contributed by atoms with van der Waals surface area (Å²) in [6.45, 7) is 9.70. The minimum absolute atomic E-state index is 0.139. The zero-order valence-corrected chi connectivity index (χ0v) is 18.5. The predicted octanol–water partition coefficient (Wildman–Crippen LogP) is 3.89. The van der Waals surface area contributed by atoms with Gasteiger partial charge in [-0.1, -0.05) is 12.1 Å². The number of pyridine rings is 1. The Bertz CT molecular complexity index is 933. The summed E-state index contributed by atoms with van der Waals surface area (Å²) in [4.78, 5) is 29.6. The first-order valence-corrected chi connectivity index (χ1v) is 10.1. The van der Waals surface area contributed by atoms with Gasteiger partial charge in [0.15, 0.2) is 0 Å². The highest BCUT2D eigenvalue weighted by Crippen LogP contribution is 2.31. The molecule has 3 rings (SSSR count). The van der Waals surface area contributed by atoms with Crippen LogP contribution in [0.3, 0.4) is 0 Å². The van der Waals surface area contributed by atoms with Crippen LogP contribution in [0.1, 0.15) is 50.5 Å². The van der Waals surface area contributed by atoms with Crippen LogP contribution in [0.2, 0.25) is 0 Å². The van der Waals surface area contributed by atoms with Crippen molar-refractivity contribution in [2.24, 2.45) is 5.73 Å². The normalized spacial score (nSPS) is 18.0. The Balaban J connectivity index is 1.66. The number of amides is 2. The fraction of sp³-hybridized carbons (Fsp3) is 0.435. The van der Waals surface area contributed by atoms with Crippen LogP contribution in [0.25, 0.3) is 0 Å². The van der Waals surface area contributed by atoms with Gasteiger partial charge in [0.05, 0.1) is 18.2 Å². The average molecular weight is 428 g/mol. The van der Waals surface area contributed by atoms with Gasteiger partial charge in [0.2, 0.25) is 11.8 Å². The number of primary amides is 1. The Morgan fingerprint density at radius 3 is 2.42 bits per heavy atom. The Morgan fingerprint density at radius 2 is 1.87 bits per heavy atom. The minimum Gasteiger partial charge on any atom is -0.444 e. The summed E-state index contributed by atoms with van der Waals surface area (Å²) in [5, 5.41) is 0. The molecular formula is C23H29N3O5. The second-order valence-corrected chi connectivity index (χ2v) is 8.96. The fourth-order valence-corrected chi connectivity index (χ4v) is 3.39. The summed E-state index contributed by atoms with van der Waals surface area (Å²) >= 11 is 0. The molecule has 0 aliphatic carbocycles. The highest BCUT2D eigenvalue weighted by molar-refractivity contribution is 5.92. The number of hydrogen-bond acceptors (Lipinski definition) is 6. The zero-order chi connectivity index (χ0) is 22.8. The lowest BCUT2D eigenvalue weighted by molar-refractivity contribution is -0.0624. The first kappa shape index (κ1) is 22.6. The number of hydrogen-bond donors (Lipinski definition) is 1. The second-order valence-electron chi connectivity index (χ2n) is 8.96. The van der Waals surface area contributed by atoms with Gasteiger partial charge in [-0.2, -0.15) is 0 Å². The number of nitrogens with zero attached hydrogens (tertiary/aromatic N) is 2. The van der Waals surface area contributed by atoms with E-state index in [1.807, 2.05) is 58.9 Å². The molecule has 8 heteroatoms. The third-order valence-electron chi connectivity index (χ3n) is 4.80. The molecule has 1 saturated heterocycles. The quantitative estimate of drug-likeness (QED) is 0.776. The highest BCUT2D eigenvalue weighted by Gasteiger charge is 2.45. The van der Waals surface area contributed by atoms with E-state index < -0.39 is 17.2 Å². The molecule has 1 aromatic heterocycles. The molecule has 1 aromatic carbocycles. The van der Waals surface area contributed by atoms with Gasteiger partial charge in [0, 0.05) is 12.3 Å². The van der Waals surface area contributed by atoms with E-state index in [0.29, 0.717) is 30.2 Å². The lowest BCUT2D eigenvalue weighted by Crippen LogP contribution is -2.50. The third kappa shape index (κ3) is 5.73. The number of ether oxygens (including phenoxy) is 3. The monoisotopic (exact) mass is 427 g/mol. The number of aromatic nitrogens is 1. The molecule has 2 aromatic rings. The van der Waals surface area contributed by atoms with E-state index in [0.717, 1.165) is 5.56 Å². The van der Waals surface area contributed by atoms with Gasteiger partial charge in [-0.3, -0.25) is 9.69 Å². The van der Waals surface area contributed by atoms with E-state index in [9.17, 15) is 9.59 Å². The Kier molecular flexibility index (Phi) is 6.22. The van der Waals surface area contributed by atoms with Crippen LogP contribution in [0.5, 0.6) is 11.6 Å². The number of nitrogens with two attached hydrogens (primary N) is 1. The Hall–Kier alpha value is -3.13. The van der Waals surface area contributed by atoms with Gasteiger partial charge in [-0.05, 0) is 64.8 Å². The molecule has 0 spiro atoms. The lowest BCUT2D eigenvalue weighted by atomic mass is 10.0.